The molecule has 1 aromatic heterocycles. The second-order valence-electron chi connectivity index (χ2n) is 3.66. The fraction of sp³-hybridized carbons (Fsp3) is 0.154. The van der Waals surface area contributed by atoms with Crippen molar-refractivity contribution in [3.05, 3.63) is 53.5 Å². The highest BCUT2D eigenvalue weighted by Crippen LogP contribution is 2.18. The maximum absolute atomic E-state index is 10.6. The van der Waals surface area contributed by atoms with Gasteiger partial charge >= 0.3 is 5.97 Å². The SMILES string of the molecule is Cc1ccccc1OCc1cc(C(=O)O)co1. The molecule has 0 bridgehead atoms. The van der Waals surface area contributed by atoms with Crippen molar-refractivity contribution in [2.24, 2.45) is 0 Å². The number of para-hydroxylation sites is 1. The molecule has 88 valence electrons. The summed E-state index contributed by atoms with van der Waals surface area (Å²) in [7, 11) is 0. The van der Waals surface area contributed by atoms with Crippen LogP contribution in [0, 0.1) is 6.92 Å². The molecule has 4 heteroatoms. The van der Waals surface area contributed by atoms with Crippen LogP contribution in [0.2, 0.25) is 0 Å². The first-order valence-electron chi connectivity index (χ1n) is 5.16. The highest BCUT2D eigenvalue weighted by atomic mass is 16.5. The Kier molecular flexibility index (Phi) is 3.14. The third-order valence-electron chi connectivity index (χ3n) is 2.36. The molecule has 1 N–H and O–H groups in total. The van der Waals surface area contributed by atoms with E-state index < -0.39 is 5.97 Å². The maximum atomic E-state index is 10.6. The zero-order chi connectivity index (χ0) is 12.3. The summed E-state index contributed by atoms with van der Waals surface area (Å²) >= 11 is 0. The lowest BCUT2D eigenvalue weighted by Gasteiger charge is -2.06. The predicted molar refractivity (Wildman–Crippen MR) is 61.2 cm³/mol. The van der Waals surface area contributed by atoms with E-state index in [-0.39, 0.29) is 12.2 Å². The Hall–Kier alpha value is -2.23. The molecule has 1 heterocycles. The van der Waals surface area contributed by atoms with Crippen molar-refractivity contribution in [1.29, 1.82) is 0 Å². The van der Waals surface area contributed by atoms with Crippen LogP contribution >= 0.6 is 0 Å². The van der Waals surface area contributed by atoms with Crippen LogP contribution in [0.3, 0.4) is 0 Å². The number of hydrogen-bond acceptors (Lipinski definition) is 3. The van der Waals surface area contributed by atoms with Crippen molar-refractivity contribution in [1.82, 2.24) is 0 Å². The summed E-state index contributed by atoms with van der Waals surface area (Å²) < 4.78 is 10.6. The normalized spacial score (nSPS) is 10.2. The van der Waals surface area contributed by atoms with Crippen molar-refractivity contribution in [2.45, 2.75) is 13.5 Å². The predicted octanol–water partition coefficient (Wildman–Crippen LogP) is 2.87. The van der Waals surface area contributed by atoms with Crippen molar-refractivity contribution in [3.8, 4) is 5.75 Å². The number of ether oxygens (including phenoxy) is 1. The van der Waals surface area contributed by atoms with E-state index in [1.807, 2.05) is 31.2 Å². The van der Waals surface area contributed by atoms with Crippen LogP contribution in [0.25, 0.3) is 0 Å². The smallest absolute Gasteiger partial charge is 0.338 e. The molecule has 4 nitrogen and oxygen atoms in total. The Morgan fingerprint density at radius 2 is 2.18 bits per heavy atom. The van der Waals surface area contributed by atoms with Crippen LogP contribution in [0.15, 0.2) is 41.0 Å². The number of carbonyl (C=O) groups is 1. The lowest BCUT2D eigenvalue weighted by atomic mass is 10.2. The molecule has 0 aliphatic heterocycles. The lowest BCUT2D eigenvalue weighted by Crippen LogP contribution is -1.96. The summed E-state index contributed by atoms with van der Waals surface area (Å²) in [6.07, 6.45) is 1.21. The van der Waals surface area contributed by atoms with Gasteiger partial charge in [0.2, 0.25) is 0 Å². The number of aromatic carboxylic acids is 1. The van der Waals surface area contributed by atoms with E-state index in [0.717, 1.165) is 11.3 Å². The first-order chi connectivity index (χ1) is 8.16. The molecule has 0 aliphatic rings. The summed E-state index contributed by atoms with van der Waals surface area (Å²) in [5.41, 5.74) is 1.16. The highest BCUT2D eigenvalue weighted by molar-refractivity contribution is 5.87. The Morgan fingerprint density at radius 1 is 1.41 bits per heavy atom. The van der Waals surface area contributed by atoms with Crippen LogP contribution in [0.4, 0.5) is 0 Å². The number of carboxylic acids is 1. The lowest BCUT2D eigenvalue weighted by molar-refractivity contribution is 0.0696. The molecule has 17 heavy (non-hydrogen) atoms. The van der Waals surface area contributed by atoms with E-state index in [2.05, 4.69) is 0 Å². The van der Waals surface area contributed by atoms with Crippen LogP contribution < -0.4 is 4.74 Å². The average Bonchev–Trinajstić information content (AvgIpc) is 2.77. The molecule has 0 amide bonds. The van der Waals surface area contributed by atoms with Crippen LogP contribution in [-0.2, 0) is 6.61 Å². The number of carboxylic acid groups (broad SMARTS) is 1. The number of hydrogen-bond donors (Lipinski definition) is 1. The fourth-order valence-corrected chi connectivity index (χ4v) is 1.44. The molecule has 0 saturated heterocycles. The van der Waals surface area contributed by atoms with Gasteiger partial charge in [-0.25, -0.2) is 4.79 Å². The van der Waals surface area contributed by atoms with E-state index in [0.29, 0.717) is 5.76 Å². The van der Waals surface area contributed by atoms with Gasteiger partial charge in [-0.2, -0.15) is 0 Å². The van der Waals surface area contributed by atoms with Gasteiger partial charge in [-0.3, -0.25) is 0 Å². The standard InChI is InChI=1S/C13H12O4/c1-9-4-2-3-5-12(9)17-8-11-6-10(7-16-11)13(14)15/h2-7H,8H2,1H3,(H,14,15). The van der Waals surface area contributed by atoms with Crippen LogP contribution in [0.5, 0.6) is 5.75 Å². The molecule has 0 radical (unpaired) electrons. The van der Waals surface area contributed by atoms with E-state index in [9.17, 15) is 4.79 Å². The van der Waals surface area contributed by atoms with Crippen molar-refractivity contribution in [3.63, 3.8) is 0 Å². The minimum atomic E-state index is -1.00. The van der Waals surface area contributed by atoms with E-state index in [4.69, 9.17) is 14.3 Å². The summed E-state index contributed by atoms with van der Waals surface area (Å²) in [6.45, 7) is 2.16. The first-order valence-corrected chi connectivity index (χ1v) is 5.16. The van der Waals surface area contributed by atoms with Gasteiger partial charge in [-0.1, -0.05) is 18.2 Å². The molecule has 0 unspecified atom stereocenters. The first kappa shape index (κ1) is 11.3. The Balaban J connectivity index is 2.02. The number of furan rings is 1. The second kappa shape index (κ2) is 4.74. The van der Waals surface area contributed by atoms with Gasteiger partial charge in [0.05, 0.1) is 5.56 Å². The van der Waals surface area contributed by atoms with Crippen LogP contribution in [-0.4, -0.2) is 11.1 Å². The van der Waals surface area contributed by atoms with E-state index in [1.165, 1.54) is 12.3 Å². The molecule has 0 spiro atoms. The molecular weight excluding hydrogens is 220 g/mol. The van der Waals surface area contributed by atoms with Gasteiger partial charge in [-0.15, -0.1) is 0 Å². The molecular formula is C13H12O4. The van der Waals surface area contributed by atoms with Crippen molar-refractivity contribution < 1.29 is 19.1 Å². The van der Waals surface area contributed by atoms with Gasteiger partial charge in [-0.05, 0) is 24.6 Å². The third-order valence-corrected chi connectivity index (χ3v) is 2.36. The summed E-state index contributed by atoms with van der Waals surface area (Å²) in [5, 5.41) is 8.73. The molecule has 0 atom stereocenters. The Bertz CT molecular complexity index is 528. The van der Waals surface area contributed by atoms with Gasteiger partial charge in [0.1, 0.15) is 24.4 Å². The average molecular weight is 232 g/mol. The molecule has 2 rings (SSSR count). The minimum Gasteiger partial charge on any atom is -0.485 e. The monoisotopic (exact) mass is 232 g/mol. The van der Waals surface area contributed by atoms with E-state index in [1.54, 1.807) is 0 Å². The number of aryl methyl sites for hydroxylation is 1. The van der Waals surface area contributed by atoms with Crippen molar-refractivity contribution >= 4 is 5.97 Å². The van der Waals surface area contributed by atoms with Gasteiger partial charge < -0.3 is 14.3 Å². The zero-order valence-corrected chi connectivity index (χ0v) is 9.34. The maximum Gasteiger partial charge on any atom is 0.338 e. The Labute approximate surface area is 98.4 Å². The highest BCUT2D eigenvalue weighted by Gasteiger charge is 2.08. The van der Waals surface area contributed by atoms with Crippen molar-refractivity contribution in [2.75, 3.05) is 0 Å². The second-order valence-corrected chi connectivity index (χ2v) is 3.66. The summed E-state index contributed by atoms with van der Waals surface area (Å²) in [4.78, 5) is 10.6. The van der Waals surface area contributed by atoms with Gasteiger partial charge in [0.15, 0.2) is 0 Å². The van der Waals surface area contributed by atoms with Gasteiger partial charge in [0, 0.05) is 0 Å². The largest absolute Gasteiger partial charge is 0.485 e. The minimum absolute atomic E-state index is 0.133. The molecule has 0 aliphatic carbocycles. The summed E-state index contributed by atoms with van der Waals surface area (Å²) in [5.74, 6) is 0.252. The zero-order valence-electron chi connectivity index (χ0n) is 9.34. The fourth-order valence-electron chi connectivity index (χ4n) is 1.44. The topological polar surface area (TPSA) is 59.7 Å². The van der Waals surface area contributed by atoms with Crippen LogP contribution in [0.1, 0.15) is 21.7 Å². The van der Waals surface area contributed by atoms with E-state index >= 15 is 0 Å². The Morgan fingerprint density at radius 3 is 2.82 bits per heavy atom. The molecule has 0 fully saturated rings. The number of rotatable bonds is 4. The number of benzene rings is 1. The molecule has 0 saturated carbocycles. The summed E-state index contributed by atoms with van der Waals surface area (Å²) in [6, 6.07) is 9.07. The quantitative estimate of drug-likeness (QED) is 0.880. The van der Waals surface area contributed by atoms with Gasteiger partial charge in [0.25, 0.3) is 0 Å². The molecule has 1 aromatic carbocycles. The third kappa shape index (κ3) is 2.66. The molecule has 2 aromatic rings.